The van der Waals surface area contributed by atoms with Crippen molar-refractivity contribution in [1.82, 2.24) is 10.3 Å². The number of halogens is 1. The van der Waals surface area contributed by atoms with Gasteiger partial charge in [-0.2, -0.15) is 0 Å². The Morgan fingerprint density at radius 3 is 2.61 bits per heavy atom. The number of rotatable bonds is 6. The van der Waals surface area contributed by atoms with Crippen molar-refractivity contribution in [2.24, 2.45) is 16.5 Å². The summed E-state index contributed by atoms with van der Waals surface area (Å²) in [6.07, 6.45) is 4.40. The molecule has 0 spiro atoms. The van der Waals surface area contributed by atoms with E-state index in [1.54, 1.807) is 0 Å². The van der Waals surface area contributed by atoms with Gasteiger partial charge in [0.15, 0.2) is 0 Å². The summed E-state index contributed by atoms with van der Waals surface area (Å²) < 4.78 is 0.849. The van der Waals surface area contributed by atoms with Crippen LogP contribution in [0.4, 0.5) is 0 Å². The van der Waals surface area contributed by atoms with E-state index in [-0.39, 0.29) is 17.9 Å². The maximum absolute atomic E-state index is 14.2. The average molecular weight is 576 g/mol. The molecule has 0 aliphatic heterocycles. The van der Waals surface area contributed by atoms with Gasteiger partial charge in [-0.15, -0.1) is 0 Å². The van der Waals surface area contributed by atoms with Crippen LogP contribution in [0.25, 0.3) is 22.2 Å². The van der Waals surface area contributed by atoms with Crippen LogP contribution in [0.3, 0.4) is 0 Å². The Morgan fingerprint density at radius 1 is 1.16 bits per heavy atom. The molecule has 3 fully saturated rings. The molecule has 6 rings (SSSR count). The number of aliphatic carboxylic acids is 1. The van der Waals surface area contributed by atoms with Crippen LogP contribution in [0, 0.1) is 18.3 Å². The first-order valence-electron chi connectivity index (χ1n) is 13.2. The molecule has 0 radical (unpaired) electrons. The van der Waals surface area contributed by atoms with Gasteiger partial charge in [-0.05, 0) is 69.2 Å². The predicted molar refractivity (Wildman–Crippen MR) is 149 cm³/mol. The van der Waals surface area contributed by atoms with E-state index in [4.69, 9.17) is 9.82 Å². The molecule has 0 saturated heterocycles. The van der Waals surface area contributed by atoms with Crippen molar-refractivity contribution in [2.45, 2.75) is 64.0 Å². The molecule has 38 heavy (non-hydrogen) atoms. The number of fused-ring (bicyclic) bond motifs is 3. The lowest BCUT2D eigenvalue weighted by atomic mass is 9.74. The molecule has 1 heterocycles. The van der Waals surface area contributed by atoms with E-state index < -0.39 is 16.9 Å². The van der Waals surface area contributed by atoms with Crippen LogP contribution < -0.4 is 5.32 Å². The van der Waals surface area contributed by atoms with Crippen LogP contribution >= 0.6 is 15.9 Å². The average Bonchev–Trinajstić information content (AvgIpc) is 3.36. The first-order chi connectivity index (χ1) is 18.2. The lowest BCUT2D eigenvalue weighted by Gasteiger charge is -2.34. The van der Waals surface area contributed by atoms with Gasteiger partial charge in [0.25, 0.3) is 5.91 Å². The number of carbonyl (C=O) groups excluding carboxylic acids is 1. The second-order valence-electron chi connectivity index (χ2n) is 11.0. The zero-order valence-corrected chi connectivity index (χ0v) is 23.0. The third-order valence-corrected chi connectivity index (χ3v) is 9.43. The van der Waals surface area contributed by atoms with Crippen LogP contribution in [0.5, 0.6) is 0 Å². The summed E-state index contributed by atoms with van der Waals surface area (Å²) in [6.45, 7) is 3.83. The van der Waals surface area contributed by atoms with Gasteiger partial charge in [-0.1, -0.05) is 58.3 Å². The smallest absolute Gasteiger partial charge is 0.310 e. The predicted octanol–water partition coefficient (Wildman–Crippen LogP) is 6.27. The van der Waals surface area contributed by atoms with Crippen LogP contribution in [-0.2, 0) is 9.63 Å². The fourth-order valence-electron chi connectivity index (χ4n) is 6.51. The fraction of sp³-hybridized carbons (Fsp3) is 0.400. The van der Waals surface area contributed by atoms with Crippen molar-refractivity contribution in [3.8, 4) is 11.3 Å². The van der Waals surface area contributed by atoms with Gasteiger partial charge in [0, 0.05) is 21.3 Å². The minimum absolute atomic E-state index is 0.0690. The standard InChI is InChI=1S/C30H30BrN3O4/c1-17-24(22-15-20(31)11-12-23(22)32-25(17)19-7-4-3-5-8-19)27(35)33-30-14-13-29(16-30,28(36)37)18(2)26(30)34-38-21-9-6-10-21/h3-5,7-8,11-12,15,18,21H,6,9-10,13-14,16H2,1-2H3,(H,33,35)(H,36,37)/b34-26+. The summed E-state index contributed by atoms with van der Waals surface area (Å²) in [5.41, 5.74) is 2.53. The normalized spacial score (nSPS) is 27.4. The summed E-state index contributed by atoms with van der Waals surface area (Å²) >= 11 is 3.55. The van der Waals surface area contributed by atoms with Crippen molar-refractivity contribution in [3.05, 3.63) is 64.1 Å². The van der Waals surface area contributed by atoms with E-state index in [9.17, 15) is 14.7 Å². The molecule has 7 nitrogen and oxygen atoms in total. The van der Waals surface area contributed by atoms with Crippen LogP contribution in [0.15, 0.2) is 58.2 Å². The Balaban J connectivity index is 1.45. The zero-order chi connectivity index (χ0) is 26.7. The molecule has 3 atom stereocenters. The van der Waals surface area contributed by atoms with Crippen molar-refractivity contribution in [3.63, 3.8) is 0 Å². The molecule has 3 unspecified atom stereocenters. The number of carbonyl (C=O) groups is 2. The molecule has 2 aromatic carbocycles. The number of nitrogens with one attached hydrogen (secondary N) is 1. The Labute approximate surface area is 229 Å². The van der Waals surface area contributed by atoms with Gasteiger partial charge in [-0.25, -0.2) is 4.98 Å². The number of aromatic nitrogens is 1. The monoisotopic (exact) mass is 575 g/mol. The van der Waals surface area contributed by atoms with Gasteiger partial charge in [0.05, 0.1) is 33.4 Å². The topological polar surface area (TPSA) is 101 Å². The van der Waals surface area contributed by atoms with Crippen molar-refractivity contribution >= 4 is 44.4 Å². The highest BCUT2D eigenvalue weighted by molar-refractivity contribution is 9.10. The van der Waals surface area contributed by atoms with E-state index in [1.165, 1.54) is 0 Å². The van der Waals surface area contributed by atoms with Crippen LogP contribution in [0.2, 0.25) is 0 Å². The third-order valence-electron chi connectivity index (χ3n) is 8.94. The minimum atomic E-state index is -0.956. The highest BCUT2D eigenvalue weighted by Gasteiger charge is 2.67. The number of benzene rings is 2. The van der Waals surface area contributed by atoms with E-state index >= 15 is 0 Å². The number of oxime groups is 1. The highest BCUT2D eigenvalue weighted by Crippen LogP contribution is 2.58. The van der Waals surface area contributed by atoms with E-state index in [1.807, 2.05) is 62.4 Å². The van der Waals surface area contributed by atoms with Gasteiger partial charge in [-0.3, -0.25) is 9.59 Å². The number of amides is 1. The molecular weight excluding hydrogens is 546 g/mol. The summed E-state index contributed by atoms with van der Waals surface area (Å²) in [6, 6.07) is 15.6. The molecule has 196 valence electrons. The minimum Gasteiger partial charge on any atom is -0.481 e. The number of pyridine rings is 1. The second kappa shape index (κ2) is 9.19. The molecule has 3 saturated carbocycles. The molecule has 2 N–H and O–H groups in total. The molecule has 1 aromatic heterocycles. The second-order valence-corrected chi connectivity index (χ2v) is 11.9. The largest absolute Gasteiger partial charge is 0.481 e. The van der Waals surface area contributed by atoms with Gasteiger partial charge < -0.3 is 15.3 Å². The maximum Gasteiger partial charge on any atom is 0.310 e. The van der Waals surface area contributed by atoms with Gasteiger partial charge in [0.2, 0.25) is 0 Å². The summed E-state index contributed by atoms with van der Waals surface area (Å²) in [7, 11) is 0. The number of carboxylic acid groups (broad SMARTS) is 1. The van der Waals surface area contributed by atoms with Crippen LogP contribution in [-0.4, -0.2) is 39.3 Å². The van der Waals surface area contributed by atoms with Gasteiger partial charge in [0.1, 0.15) is 6.10 Å². The molecule has 3 aromatic rings. The SMILES string of the molecule is Cc1c(-c2ccccc2)nc2ccc(Br)cc2c1C(=O)NC12CCC(C(=O)O)(C1)C(C)/C2=N\OC1CCC1. The van der Waals surface area contributed by atoms with Gasteiger partial charge >= 0.3 is 5.97 Å². The summed E-state index contributed by atoms with van der Waals surface area (Å²) in [4.78, 5) is 37.5. The van der Waals surface area contributed by atoms with Crippen molar-refractivity contribution in [2.75, 3.05) is 0 Å². The quantitative estimate of drug-likeness (QED) is 0.337. The molecular formula is C30H30BrN3O4. The Hall–Kier alpha value is -3.26. The number of hydrogen-bond acceptors (Lipinski definition) is 5. The number of carboxylic acids is 1. The van der Waals surface area contributed by atoms with E-state index in [0.29, 0.717) is 36.1 Å². The lowest BCUT2D eigenvalue weighted by molar-refractivity contribution is -0.149. The number of hydrogen-bond donors (Lipinski definition) is 2. The zero-order valence-electron chi connectivity index (χ0n) is 21.5. The fourth-order valence-corrected chi connectivity index (χ4v) is 6.87. The molecule has 1 amide bonds. The number of nitrogens with zero attached hydrogens (tertiary/aromatic N) is 2. The molecule has 3 aliphatic carbocycles. The van der Waals surface area contributed by atoms with E-state index in [0.717, 1.165) is 45.9 Å². The molecule has 2 bridgehead atoms. The Morgan fingerprint density at radius 2 is 1.92 bits per heavy atom. The van der Waals surface area contributed by atoms with Crippen molar-refractivity contribution in [1.29, 1.82) is 0 Å². The Bertz CT molecular complexity index is 1490. The Kier molecular flexibility index (Phi) is 6.05. The molecule has 8 heteroatoms. The highest BCUT2D eigenvalue weighted by atomic mass is 79.9. The summed E-state index contributed by atoms with van der Waals surface area (Å²) in [5.74, 6) is -1.42. The van der Waals surface area contributed by atoms with Crippen molar-refractivity contribution < 1.29 is 19.5 Å². The third kappa shape index (κ3) is 3.83. The summed E-state index contributed by atoms with van der Waals surface area (Å²) in [5, 5.41) is 18.8. The van der Waals surface area contributed by atoms with E-state index in [2.05, 4.69) is 26.4 Å². The first kappa shape index (κ1) is 25.0. The molecule has 3 aliphatic rings. The first-order valence-corrected chi connectivity index (χ1v) is 14.0. The maximum atomic E-state index is 14.2. The lowest BCUT2D eigenvalue weighted by Crippen LogP contribution is -2.53. The van der Waals surface area contributed by atoms with Crippen LogP contribution in [0.1, 0.15) is 61.4 Å².